The van der Waals surface area contributed by atoms with Gasteiger partial charge in [-0.25, -0.2) is 13.2 Å². The zero-order valence-corrected chi connectivity index (χ0v) is 19.4. The first-order valence-electron chi connectivity index (χ1n) is 8.94. The Morgan fingerprint density at radius 1 is 1.28 bits per heavy atom. The first-order valence-corrected chi connectivity index (χ1v) is 12.4. The summed E-state index contributed by atoms with van der Waals surface area (Å²) in [6.07, 6.45) is -0.696. The Hall–Kier alpha value is -1.59. The number of fused-ring (bicyclic) bond motifs is 1. The predicted octanol–water partition coefficient (Wildman–Crippen LogP) is 2.58. The number of aliphatic imine (C=N–C) groups is 1. The average Bonchev–Trinajstić information content (AvgIpc) is 3.03. The van der Waals surface area contributed by atoms with Gasteiger partial charge < -0.3 is 15.0 Å². The van der Waals surface area contributed by atoms with Crippen LogP contribution in [0.4, 0.5) is 10.5 Å². The summed E-state index contributed by atoms with van der Waals surface area (Å²) >= 11 is 4.67. The number of carbonyl (C=O) groups excluding carboxylic acids is 2. The van der Waals surface area contributed by atoms with E-state index in [2.05, 4.69) is 26.2 Å². The lowest BCUT2D eigenvalue weighted by Crippen LogP contribution is -2.38. The molecule has 29 heavy (non-hydrogen) atoms. The fraction of sp³-hybridized carbons (Fsp3) is 0.500. The van der Waals surface area contributed by atoms with Crippen LogP contribution in [0.25, 0.3) is 0 Å². The summed E-state index contributed by atoms with van der Waals surface area (Å²) in [6.45, 7) is 4.88. The van der Waals surface area contributed by atoms with Crippen molar-refractivity contribution in [3.63, 3.8) is 0 Å². The van der Waals surface area contributed by atoms with Gasteiger partial charge in [-0.05, 0) is 45.0 Å². The Kier molecular flexibility index (Phi) is 6.30. The molecule has 2 saturated heterocycles. The largest absolute Gasteiger partial charge is 0.444 e. The lowest BCUT2D eigenvalue weighted by Gasteiger charge is -2.24. The van der Waals surface area contributed by atoms with Crippen LogP contribution < -0.4 is 10.2 Å². The number of amidine groups is 1. The first kappa shape index (κ1) is 22.1. The number of hydrogen-bond donors (Lipinski definition) is 1. The van der Waals surface area contributed by atoms with Crippen molar-refractivity contribution in [3.8, 4) is 0 Å². The van der Waals surface area contributed by atoms with Crippen molar-refractivity contribution in [1.29, 1.82) is 0 Å². The van der Waals surface area contributed by atoms with Crippen LogP contribution in [0.2, 0.25) is 0 Å². The number of rotatable bonds is 3. The molecule has 2 aliphatic heterocycles. The van der Waals surface area contributed by atoms with Crippen molar-refractivity contribution >= 4 is 60.4 Å². The van der Waals surface area contributed by atoms with Crippen LogP contribution >= 0.6 is 27.7 Å². The molecule has 0 aromatic heterocycles. The minimum absolute atomic E-state index is 0.0180. The number of nitrogens with zero attached hydrogens (tertiary/aromatic N) is 2. The third-order valence-corrected chi connectivity index (χ3v) is 7.91. The van der Waals surface area contributed by atoms with Crippen molar-refractivity contribution in [2.24, 2.45) is 4.99 Å². The number of hydrogen-bond acceptors (Lipinski definition) is 6. The lowest BCUT2D eigenvalue weighted by molar-refractivity contribution is -0.117. The van der Waals surface area contributed by atoms with Crippen LogP contribution in [0.3, 0.4) is 0 Å². The maximum Gasteiger partial charge on any atom is 0.408 e. The van der Waals surface area contributed by atoms with E-state index in [1.807, 2.05) is 24.3 Å². The quantitative estimate of drug-likeness (QED) is 0.675. The molecule has 1 aromatic carbocycles. The number of amides is 2. The van der Waals surface area contributed by atoms with Crippen LogP contribution in [0.5, 0.6) is 0 Å². The molecule has 2 heterocycles. The smallest absolute Gasteiger partial charge is 0.408 e. The molecule has 158 valence electrons. The Morgan fingerprint density at radius 2 is 1.93 bits per heavy atom. The van der Waals surface area contributed by atoms with Crippen LogP contribution in [-0.4, -0.2) is 60.5 Å². The van der Waals surface area contributed by atoms with Crippen LogP contribution in [-0.2, 0) is 19.4 Å². The van der Waals surface area contributed by atoms with Crippen LogP contribution in [0.1, 0.15) is 20.8 Å². The highest BCUT2D eigenvalue weighted by Crippen LogP contribution is 2.41. The van der Waals surface area contributed by atoms with Crippen molar-refractivity contribution in [2.75, 3.05) is 23.0 Å². The zero-order chi connectivity index (χ0) is 21.4. The van der Waals surface area contributed by atoms with Crippen LogP contribution in [0.15, 0.2) is 33.7 Å². The van der Waals surface area contributed by atoms with E-state index >= 15 is 0 Å². The second kappa shape index (κ2) is 8.27. The zero-order valence-electron chi connectivity index (χ0n) is 16.2. The molecule has 0 spiro atoms. The Balaban J connectivity index is 1.77. The fourth-order valence-corrected chi connectivity index (χ4v) is 7.27. The highest BCUT2D eigenvalue weighted by Gasteiger charge is 2.49. The third kappa shape index (κ3) is 5.73. The molecule has 0 radical (unpaired) electrons. The standard InChI is InChI=1S/C18H22BrN3O5S2/c1-18(2,3)27-17(24)20-8-15(23)21-16-22(12-6-4-11(19)5-7-12)13-9-29(25,26)10-14(13)28-16/h4-7,13-14H,8-10H2,1-3H3,(H,20,24)/t13-,14-/m0/s1. The highest BCUT2D eigenvalue weighted by atomic mass is 79.9. The molecule has 0 bridgehead atoms. The second-order valence-electron chi connectivity index (χ2n) is 7.79. The Morgan fingerprint density at radius 3 is 2.55 bits per heavy atom. The number of carbonyl (C=O) groups is 2. The number of sulfone groups is 1. The highest BCUT2D eigenvalue weighted by molar-refractivity contribution is 9.10. The van der Waals surface area contributed by atoms with Crippen LogP contribution in [0, 0.1) is 0 Å². The summed E-state index contributed by atoms with van der Waals surface area (Å²) in [5.41, 5.74) is 0.0960. The van der Waals surface area contributed by atoms with Crippen molar-refractivity contribution in [3.05, 3.63) is 28.7 Å². The van der Waals surface area contributed by atoms with E-state index < -0.39 is 27.4 Å². The molecule has 0 saturated carbocycles. The molecule has 2 fully saturated rings. The SMILES string of the molecule is CC(C)(C)OC(=O)NCC(=O)N=C1S[C@H]2CS(=O)(=O)C[C@@H]2N1c1ccc(Br)cc1. The van der Waals surface area contributed by atoms with Gasteiger partial charge in [-0.3, -0.25) is 4.79 Å². The van der Waals surface area contributed by atoms with E-state index in [9.17, 15) is 18.0 Å². The maximum atomic E-state index is 12.3. The molecule has 0 unspecified atom stereocenters. The molecule has 1 aromatic rings. The third-order valence-electron chi connectivity index (χ3n) is 4.17. The summed E-state index contributed by atoms with van der Waals surface area (Å²) in [4.78, 5) is 30.0. The number of halogens is 1. The molecule has 2 atom stereocenters. The molecule has 8 nitrogen and oxygen atoms in total. The number of thioether (sulfide) groups is 1. The van der Waals surface area contributed by atoms with Gasteiger partial charge in [0.05, 0.1) is 17.5 Å². The minimum Gasteiger partial charge on any atom is -0.444 e. The molecule has 2 amide bonds. The molecule has 0 aliphatic carbocycles. The van der Waals surface area contributed by atoms with Gasteiger partial charge in [0, 0.05) is 15.4 Å². The van der Waals surface area contributed by atoms with Gasteiger partial charge >= 0.3 is 6.09 Å². The minimum atomic E-state index is -3.13. The number of alkyl carbamates (subject to hydrolysis) is 1. The molecule has 1 N–H and O–H groups in total. The summed E-state index contributed by atoms with van der Waals surface area (Å²) in [5.74, 6) is -0.466. The maximum absolute atomic E-state index is 12.3. The molecular weight excluding hydrogens is 482 g/mol. The number of benzene rings is 1. The van der Waals surface area contributed by atoms with E-state index in [0.717, 1.165) is 10.2 Å². The van der Waals surface area contributed by atoms with Gasteiger partial charge in [-0.15, -0.1) is 0 Å². The summed E-state index contributed by atoms with van der Waals surface area (Å²) in [5, 5.41) is 2.64. The van der Waals surface area contributed by atoms with Gasteiger partial charge in [0.15, 0.2) is 15.0 Å². The fourth-order valence-electron chi connectivity index (χ4n) is 3.08. The Labute approximate surface area is 182 Å². The van der Waals surface area contributed by atoms with Crippen molar-refractivity contribution in [1.82, 2.24) is 5.32 Å². The van der Waals surface area contributed by atoms with E-state index in [0.29, 0.717) is 5.17 Å². The lowest BCUT2D eigenvalue weighted by atomic mass is 10.2. The van der Waals surface area contributed by atoms with E-state index in [1.165, 1.54) is 11.8 Å². The molecule has 11 heteroatoms. The first-order chi connectivity index (χ1) is 13.4. The predicted molar refractivity (Wildman–Crippen MR) is 117 cm³/mol. The van der Waals surface area contributed by atoms with Gasteiger partial charge in [0.25, 0.3) is 5.91 Å². The molecule has 3 rings (SSSR count). The number of anilines is 1. The summed E-state index contributed by atoms with van der Waals surface area (Å²) in [6, 6.07) is 7.10. The molecule has 2 aliphatic rings. The average molecular weight is 504 g/mol. The summed E-state index contributed by atoms with van der Waals surface area (Å²) in [7, 11) is -3.13. The van der Waals surface area contributed by atoms with Gasteiger partial charge in [0.2, 0.25) is 0 Å². The Bertz CT molecular complexity index is 941. The van der Waals surface area contributed by atoms with E-state index in [1.54, 1.807) is 25.7 Å². The molecular formula is C18H22BrN3O5S2. The number of nitrogens with one attached hydrogen (secondary N) is 1. The van der Waals surface area contributed by atoms with Crippen molar-refractivity contribution < 1.29 is 22.7 Å². The van der Waals surface area contributed by atoms with Crippen molar-refractivity contribution in [2.45, 2.75) is 37.7 Å². The number of ether oxygens (including phenoxy) is 1. The topological polar surface area (TPSA) is 105 Å². The second-order valence-corrected chi connectivity index (χ2v) is 12.1. The summed E-state index contributed by atoms with van der Waals surface area (Å²) < 4.78 is 30.2. The normalized spacial score (nSPS) is 24.4. The van der Waals surface area contributed by atoms with E-state index in [4.69, 9.17) is 4.74 Å². The van der Waals surface area contributed by atoms with Gasteiger partial charge in [-0.2, -0.15) is 4.99 Å². The van der Waals surface area contributed by atoms with Gasteiger partial charge in [-0.1, -0.05) is 27.7 Å². The van der Waals surface area contributed by atoms with E-state index in [-0.39, 0.29) is 29.3 Å². The van der Waals surface area contributed by atoms with Gasteiger partial charge in [0.1, 0.15) is 12.1 Å². The monoisotopic (exact) mass is 503 g/mol.